The Morgan fingerprint density at radius 3 is 2.12 bits per heavy atom. The Morgan fingerprint density at radius 1 is 0.960 bits per heavy atom. The lowest BCUT2D eigenvalue weighted by molar-refractivity contribution is 0.466. The summed E-state index contributed by atoms with van der Waals surface area (Å²) >= 11 is 0. The fraction of sp³-hybridized carbons (Fsp3) is 0.211. The average Bonchev–Trinajstić information content (AvgIpc) is 2.91. The van der Waals surface area contributed by atoms with Gasteiger partial charge in [0.05, 0.1) is 17.1 Å². The van der Waals surface area contributed by atoms with E-state index in [-0.39, 0.29) is 4.90 Å². The minimum absolute atomic E-state index is 0.273. The van der Waals surface area contributed by atoms with E-state index >= 15 is 0 Å². The van der Waals surface area contributed by atoms with Gasteiger partial charge in [0.15, 0.2) is 0 Å². The molecule has 130 valence electrons. The van der Waals surface area contributed by atoms with Crippen molar-refractivity contribution in [3.05, 3.63) is 77.6 Å². The van der Waals surface area contributed by atoms with E-state index in [1.165, 1.54) is 4.31 Å². The Balaban J connectivity index is 1.99. The second kappa shape index (κ2) is 6.82. The van der Waals surface area contributed by atoms with Crippen LogP contribution >= 0.6 is 0 Å². The maximum atomic E-state index is 13.1. The molecule has 1 heterocycles. The molecule has 0 aliphatic rings. The number of aromatic nitrogens is 2. The van der Waals surface area contributed by atoms with Crippen molar-refractivity contribution in [2.45, 2.75) is 25.3 Å². The van der Waals surface area contributed by atoms with Crippen LogP contribution in [0.3, 0.4) is 0 Å². The highest BCUT2D eigenvalue weighted by Gasteiger charge is 2.29. The van der Waals surface area contributed by atoms with Gasteiger partial charge in [0.1, 0.15) is 4.90 Å². The number of para-hydroxylation sites is 1. The van der Waals surface area contributed by atoms with Gasteiger partial charge in [0, 0.05) is 13.6 Å². The normalized spacial score (nSPS) is 11.8. The summed E-state index contributed by atoms with van der Waals surface area (Å²) in [6.45, 7) is 3.84. The predicted octanol–water partition coefficient (Wildman–Crippen LogP) is 3.31. The molecule has 2 aromatic carbocycles. The molecule has 0 N–H and O–H groups in total. The van der Waals surface area contributed by atoms with Gasteiger partial charge in [-0.05, 0) is 31.5 Å². The maximum absolute atomic E-state index is 13.1. The number of benzene rings is 2. The Hall–Kier alpha value is -2.44. The molecule has 0 amide bonds. The summed E-state index contributed by atoms with van der Waals surface area (Å²) in [7, 11) is -2.04. The molecule has 0 unspecified atom stereocenters. The molecule has 25 heavy (non-hydrogen) atoms. The van der Waals surface area contributed by atoms with Crippen LogP contribution in [0.5, 0.6) is 0 Å². The molecule has 0 bridgehead atoms. The maximum Gasteiger partial charge on any atom is 0.246 e. The number of sulfonamides is 1. The van der Waals surface area contributed by atoms with Gasteiger partial charge < -0.3 is 0 Å². The summed E-state index contributed by atoms with van der Waals surface area (Å²) in [5.74, 6) is 0. The minimum atomic E-state index is -3.64. The summed E-state index contributed by atoms with van der Waals surface area (Å²) in [6.07, 6.45) is 0. The molecule has 0 radical (unpaired) electrons. The fourth-order valence-corrected chi connectivity index (χ4v) is 4.41. The first kappa shape index (κ1) is 17.4. The molecule has 0 saturated carbocycles. The largest absolute Gasteiger partial charge is 0.246 e. The second-order valence-electron chi connectivity index (χ2n) is 5.99. The third-order valence-corrected chi connectivity index (χ3v) is 6.20. The Morgan fingerprint density at radius 2 is 1.52 bits per heavy atom. The highest BCUT2D eigenvalue weighted by atomic mass is 32.2. The quantitative estimate of drug-likeness (QED) is 0.705. The van der Waals surface area contributed by atoms with Gasteiger partial charge >= 0.3 is 0 Å². The van der Waals surface area contributed by atoms with Crippen molar-refractivity contribution in [2.24, 2.45) is 0 Å². The fourth-order valence-electron chi connectivity index (χ4n) is 2.90. The van der Waals surface area contributed by atoms with Crippen molar-refractivity contribution in [1.82, 2.24) is 14.1 Å². The molecule has 1 aromatic heterocycles. The van der Waals surface area contributed by atoms with Gasteiger partial charge in [-0.1, -0.05) is 48.5 Å². The molecule has 6 heteroatoms. The highest BCUT2D eigenvalue weighted by molar-refractivity contribution is 7.89. The van der Waals surface area contributed by atoms with Gasteiger partial charge in [0.2, 0.25) is 10.0 Å². The van der Waals surface area contributed by atoms with Gasteiger partial charge in [-0.15, -0.1) is 0 Å². The molecule has 0 spiro atoms. The van der Waals surface area contributed by atoms with E-state index in [0.29, 0.717) is 17.9 Å². The minimum Gasteiger partial charge on any atom is -0.236 e. The van der Waals surface area contributed by atoms with Crippen molar-refractivity contribution >= 4 is 10.0 Å². The molecule has 3 rings (SSSR count). The van der Waals surface area contributed by atoms with Crippen LogP contribution in [-0.2, 0) is 16.6 Å². The molecule has 0 atom stereocenters. The standard InChI is InChI=1S/C19H21N3O2S/c1-15-19(16(2)22(20-15)18-12-8-5-9-13-18)25(23,24)21(3)14-17-10-6-4-7-11-17/h4-13H,14H2,1-3H3. The van der Waals surface area contributed by atoms with Crippen LogP contribution in [0.25, 0.3) is 5.69 Å². The summed E-state index contributed by atoms with van der Waals surface area (Å²) in [5.41, 5.74) is 2.90. The Bertz CT molecular complexity index is 965. The lowest BCUT2D eigenvalue weighted by Crippen LogP contribution is -2.27. The monoisotopic (exact) mass is 355 g/mol. The van der Waals surface area contributed by atoms with Crippen LogP contribution in [-0.4, -0.2) is 29.6 Å². The van der Waals surface area contributed by atoms with Crippen LogP contribution in [0.4, 0.5) is 0 Å². The summed E-state index contributed by atoms with van der Waals surface area (Å²) in [5, 5.41) is 4.45. The third kappa shape index (κ3) is 3.36. The number of aryl methyl sites for hydroxylation is 1. The summed E-state index contributed by atoms with van der Waals surface area (Å²) < 4.78 is 29.2. The van der Waals surface area contributed by atoms with Crippen molar-refractivity contribution in [2.75, 3.05) is 7.05 Å². The highest BCUT2D eigenvalue weighted by Crippen LogP contribution is 2.25. The van der Waals surface area contributed by atoms with Crippen molar-refractivity contribution in [1.29, 1.82) is 0 Å². The molecule has 0 aliphatic carbocycles. The zero-order valence-electron chi connectivity index (χ0n) is 14.5. The first-order valence-corrected chi connectivity index (χ1v) is 9.47. The van der Waals surface area contributed by atoms with Crippen LogP contribution in [0, 0.1) is 13.8 Å². The molecule has 0 aliphatic heterocycles. The van der Waals surface area contributed by atoms with Crippen molar-refractivity contribution in [3.8, 4) is 5.69 Å². The number of hydrogen-bond acceptors (Lipinski definition) is 3. The molecule has 3 aromatic rings. The van der Waals surface area contributed by atoms with E-state index in [0.717, 1.165) is 11.3 Å². The van der Waals surface area contributed by atoms with E-state index in [1.807, 2.05) is 60.7 Å². The Kier molecular flexibility index (Phi) is 4.74. The molecule has 0 saturated heterocycles. The van der Waals surface area contributed by atoms with Crippen molar-refractivity contribution in [3.63, 3.8) is 0 Å². The lowest BCUT2D eigenvalue weighted by Gasteiger charge is -2.17. The zero-order valence-corrected chi connectivity index (χ0v) is 15.4. The smallest absolute Gasteiger partial charge is 0.236 e. The predicted molar refractivity (Wildman–Crippen MR) is 98.1 cm³/mol. The number of rotatable bonds is 5. The van der Waals surface area contributed by atoms with Crippen molar-refractivity contribution < 1.29 is 8.42 Å². The van der Waals surface area contributed by atoms with Gasteiger partial charge in [0.25, 0.3) is 0 Å². The van der Waals surface area contributed by atoms with Crippen LogP contribution in [0.15, 0.2) is 65.6 Å². The van der Waals surface area contributed by atoms with Gasteiger partial charge in [-0.2, -0.15) is 9.40 Å². The van der Waals surface area contributed by atoms with E-state index in [9.17, 15) is 8.42 Å². The Labute approximate surface area is 148 Å². The molecule has 5 nitrogen and oxygen atoms in total. The first-order chi connectivity index (χ1) is 11.9. The number of hydrogen-bond donors (Lipinski definition) is 0. The van der Waals surface area contributed by atoms with Crippen LogP contribution in [0.2, 0.25) is 0 Å². The zero-order chi connectivity index (χ0) is 18.0. The van der Waals surface area contributed by atoms with Crippen LogP contribution in [0.1, 0.15) is 17.0 Å². The van der Waals surface area contributed by atoms with Crippen LogP contribution < -0.4 is 0 Å². The number of nitrogens with zero attached hydrogens (tertiary/aromatic N) is 3. The van der Waals surface area contributed by atoms with E-state index in [4.69, 9.17) is 0 Å². The SMILES string of the molecule is Cc1nn(-c2ccccc2)c(C)c1S(=O)(=O)N(C)Cc1ccccc1. The first-order valence-electron chi connectivity index (χ1n) is 8.03. The molecule has 0 fully saturated rings. The molecular weight excluding hydrogens is 334 g/mol. The van der Waals surface area contributed by atoms with E-state index in [2.05, 4.69) is 5.10 Å². The summed E-state index contributed by atoms with van der Waals surface area (Å²) in [6, 6.07) is 19.1. The average molecular weight is 355 g/mol. The van der Waals surface area contributed by atoms with E-state index in [1.54, 1.807) is 25.6 Å². The third-order valence-electron chi connectivity index (χ3n) is 4.14. The topological polar surface area (TPSA) is 55.2 Å². The lowest BCUT2D eigenvalue weighted by atomic mass is 10.2. The summed E-state index contributed by atoms with van der Waals surface area (Å²) in [4.78, 5) is 0.273. The van der Waals surface area contributed by atoms with E-state index < -0.39 is 10.0 Å². The van der Waals surface area contributed by atoms with Gasteiger partial charge in [-0.25, -0.2) is 13.1 Å². The van der Waals surface area contributed by atoms with Gasteiger partial charge in [-0.3, -0.25) is 0 Å². The second-order valence-corrected chi connectivity index (χ2v) is 7.98. The molecular formula is C19H21N3O2S.